The molecule has 2 N–H and O–H groups in total. The second-order valence-electron chi connectivity index (χ2n) is 8.11. The van der Waals surface area contributed by atoms with Gasteiger partial charge in [0.25, 0.3) is 5.91 Å². The van der Waals surface area contributed by atoms with Crippen molar-refractivity contribution in [3.8, 4) is 5.75 Å². The number of rotatable bonds is 4. The number of aryl methyl sites for hydroxylation is 1. The van der Waals surface area contributed by atoms with Gasteiger partial charge in [0.2, 0.25) is 0 Å². The van der Waals surface area contributed by atoms with E-state index in [0.29, 0.717) is 25.1 Å². The molecule has 1 amide bonds. The van der Waals surface area contributed by atoms with Gasteiger partial charge in [-0.2, -0.15) is 0 Å². The fourth-order valence-electron chi connectivity index (χ4n) is 4.50. The lowest BCUT2D eigenvalue weighted by Gasteiger charge is -2.34. The zero-order valence-electron chi connectivity index (χ0n) is 17.0. The van der Waals surface area contributed by atoms with E-state index in [0.717, 1.165) is 35.0 Å². The Labute approximate surface area is 171 Å². The topological polar surface area (TPSA) is 65.7 Å². The Balaban J connectivity index is 1.46. The van der Waals surface area contributed by atoms with E-state index >= 15 is 0 Å². The van der Waals surface area contributed by atoms with Crippen molar-refractivity contribution < 1.29 is 15.0 Å². The zero-order chi connectivity index (χ0) is 20.5. The minimum Gasteiger partial charge on any atom is -0.508 e. The van der Waals surface area contributed by atoms with Crippen LogP contribution in [0, 0.1) is 12.8 Å². The minimum atomic E-state index is -0.383. The SMILES string of the molecule is Cc1c(C(=O)N2CCC(C(O)Cc3ccccc3)CC2)c2cc(O)ccc2n1C. The third kappa shape index (κ3) is 3.75. The number of benzene rings is 2. The van der Waals surface area contributed by atoms with Crippen molar-refractivity contribution in [2.45, 2.75) is 32.3 Å². The molecule has 152 valence electrons. The van der Waals surface area contributed by atoms with Crippen molar-refractivity contribution in [3.05, 3.63) is 65.4 Å². The highest BCUT2D eigenvalue weighted by Gasteiger charge is 2.30. The lowest BCUT2D eigenvalue weighted by molar-refractivity contribution is 0.0468. The molecule has 0 spiro atoms. The van der Waals surface area contributed by atoms with Gasteiger partial charge in [-0.15, -0.1) is 0 Å². The van der Waals surface area contributed by atoms with Crippen LogP contribution in [0.3, 0.4) is 0 Å². The number of nitrogens with zero attached hydrogens (tertiary/aromatic N) is 2. The summed E-state index contributed by atoms with van der Waals surface area (Å²) >= 11 is 0. The Hall–Kier alpha value is -2.79. The summed E-state index contributed by atoms with van der Waals surface area (Å²) in [6.07, 6.45) is 1.87. The summed E-state index contributed by atoms with van der Waals surface area (Å²) in [5.41, 5.74) is 3.66. The number of carbonyl (C=O) groups excluding carboxylic acids is 1. The summed E-state index contributed by atoms with van der Waals surface area (Å²) < 4.78 is 2.00. The van der Waals surface area contributed by atoms with E-state index in [1.807, 2.05) is 59.8 Å². The van der Waals surface area contributed by atoms with Crippen molar-refractivity contribution in [1.29, 1.82) is 0 Å². The average Bonchev–Trinajstić information content (AvgIpc) is 2.98. The molecule has 5 heteroatoms. The Morgan fingerprint density at radius 3 is 2.52 bits per heavy atom. The predicted octanol–water partition coefficient (Wildman–Crippen LogP) is 3.65. The first-order valence-electron chi connectivity index (χ1n) is 10.2. The highest BCUT2D eigenvalue weighted by molar-refractivity contribution is 6.08. The van der Waals surface area contributed by atoms with Gasteiger partial charge in [-0.3, -0.25) is 4.79 Å². The third-order valence-corrected chi connectivity index (χ3v) is 6.35. The fourth-order valence-corrected chi connectivity index (χ4v) is 4.50. The van der Waals surface area contributed by atoms with Crippen LogP contribution in [0.4, 0.5) is 0 Å². The number of hydrogen-bond donors (Lipinski definition) is 2. The summed E-state index contributed by atoms with van der Waals surface area (Å²) in [5.74, 6) is 0.381. The number of piperidine rings is 1. The Kier molecular flexibility index (Phi) is 5.33. The van der Waals surface area contributed by atoms with Crippen LogP contribution in [0.5, 0.6) is 5.75 Å². The van der Waals surface area contributed by atoms with Gasteiger partial charge in [0.05, 0.1) is 11.7 Å². The molecule has 1 atom stereocenters. The summed E-state index contributed by atoms with van der Waals surface area (Å²) in [5, 5.41) is 21.3. The number of phenols is 1. The molecule has 0 bridgehead atoms. The molecule has 2 aromatic carbocycles. The van der Waals surface area contributed by atoms with Gasteiger partial charge in [-0.25, -0.2) is 0 Å². The van der Waals surface area contributed by atoms with Crippen LogP contribution in [0.1, 0.15) is 34.5 Å². The smallest absolute Gasteiger partial charge is 0.256 e. The number of fused-ring (bicyclic) bond motifs is 1. The Bertz CT molecular complexity index is 1020. The maximum Gasteiger partial charge on any atom is 0.256 e. The fraction of sp³-hybridized carbons (Fsp3) is 0.375. The molecule has 2 heterocycles. The van der Waals surface area contributed by atoms with Crippen LogP contribution >= 0.6 is 0 Å². The largest absolute Gasteiger partial charge is 0.508 e. The lowest BCUT2D eigenvalue weighted by Crippen LogP contribution is -2.41. The van der Waals surface area contributed by atoms with Crippen LogP contribution in [0.15, 0.2) is 48.5 Å². The molecule has 5 nitrogen and oxygen atoms in total. The van der Waals surface area contributed by atoms with E-state index in [-0.39, 0.29) is 23.7 Å². The van der Waals surface area contributed by atoms with E-state index in [9.17, 15) is 15.0 Å². The quantitative estimate of drug-likeness (QED) is 0.712. The van der Waals surface area contributed by atoms with Gasteiger partial charge < -0.3 is 19.7 Å². The van der Waals surface area contributed by atoms with Crippen LogP contribution < -0.4 is 0 Å². The van der Waals surface area contributed by atoms with Crippen molar-refractivity contribution in [3.63, 3.8) is 0 Å². The molecule has 1 saturated heterocycles. The van der Waals surface area contributed by atoms with E-state index in [1.54, 1.807) is 12.1 Å². The van der Waals surface area contributed by atoms with Crippen LogP contribution in [0.2, 0.25) is 0 Å². The van der Waals surface area contributed by atoms with E-state index < -0.39 is 0 Å². The minimum absolute atomic E-state index is 0.00898. The molecule has 29 heavy (non-hydrogen) atoms. The number of aliphatic hydroxyl groups is 1. The maximum absolute atomic E-state index is 13.3. The molecule has 1 unspecified atom stereocenters. The zero-order valence-corrected chi connectivity index (χ0v) is 17.0. The Morgan fingerprint density at radius 1 is 1.14 bits per heavy atom. The second kappa shape index (κ2) is 7.91. The first kappa shape index (κ1) is 19.5. The van der Waals surface area contributed by atoms with E-state index in [4.69, 9.17) is 0 Å². The standard InChI is InChI=1S/C24H28N2O3/c1-16-23(20-15-19(27)8-9-21(20)25(16)2)24(29)26-12-10-18(11-13-26)22(28)14-17-6-4-3-5-7-17/h3-9,15,18,22,27-28H,10-14H2,1-2H3. The van der Waals surface area contributed by atoms with Gasteiger partial charge in [0.1, 0.15) is 5.75 Å². The Morgan fingerprint density at radius 2 is 1.83 bits per heavy atom. The van der Waals surface area contributed by atoms with Crippen molar-refractivity contribution in [1.82, 2.24) is 9.47 Å². The lowest BCUT2D eigenvalue weighted by atomic mass is 9.87. The first-order chi connectivity index (χ1) is 14.0. The average molecular weight is 392 g/mol. The molecule has 1 aliphatic heterocycles. The summed E-state index contributed by atoms with van der Waals surface area (Å²) in [6.45, 7) is 3.23. The number of aromatic hydroxyl groups is 1. The monoisotopic (exact) mass is 392 g/mol. The molecular weight excluding hydrogens is 364 g/mol. The predicted molar refractivity (Wildman–Crippen MR) is 114 cm³/mol. The molecule has 1 fully saturated rings. The van der Waals surface area contributed by atoms with Crippen molar-refractivity contribution >= 4 is 16.8 Å². The van der Waals surface area contributed by atoms with Gasteiger partial charge in [-0.1, -0.05) is 30.3 Å². The first-order valence-corrected chi connectivity index (χ1v) is 10.2. The molecule has 0 radical (unpaired) electrons. The summed E-state index contributed by atoms with van der Waals surface area (Å²) in [6, 6.07) is 15.2. The second-order valence-corrected chi connectivity index (χ2v) is 8.11. The van der Waals surface area contributed by atoms with E-state index in [2.05, 4.69) is 0 Å². The third-order valence-electron chi connectivity index (χ3n) is 6.35. The van der Waals surface area contributed by atoms with Crippen molar-refractivity contribution in [2.75, 3.05) is 13.1 Å². The molecule has 0 saturated carbocycles. The normalized spacial score (nSPS) is 16.3. The number of aromatic nitrogens is 1. The van der Waals surface area contributed by atoms with Crippen LogP contribution in [-0.2, 0) is 13.5 Å². The molecule has 0 aliphatic carbocycles. The van der Waals surface area contributed by atoms with Gasteiger partial charge in [0, 0.05) is 36.7 Å². The van der Waals surface area contributed by atoms with Gasteiger partial charge in [-0.05, 0) is 55.9 Å². The number of hydrogen-bond acceptors (Lipinski definition) is 3. The molecule has 3 aromatic rings. The summed E-state index contributed by atoms with van der Waals surface area (Å²) in [4.78, 5) is 15.2. The van der Waals surface area contributed by atoms with Crippen LogP contribution in [0.25, 0.3) is 10.9 Å². The number of amides is 1. The van der Waals surface area contributed by atoms with Gasteiger partial charge in [0.15, 0.2) is 0 Å². The number of carbonyl (C=O) groups is 1. The maximum atomic E-state index is 13.3. The number of phenolic OH excluding ortho intramolecular Hbond substituents is 1. The highest BCUT2D eigenvalue weighted by atomic mass is 16.3. The van der Waals surface area contributed by atoms with Crippen LogP contribution in [-0.4, -0.2) is 44.8 Å². The molecule has 1 aliphatic rings. The summed E-state index contributed by atoms with van der Waals surface area (Å²) in [7, 11) is 1.94. The molecule has 1 aromatic heterocycles. The highest BCUT2D eigenvalue weighted by Crippen LogP contribution is 2.31. The van der Waals surface area contributed by atoms with Gasteiger partial charge >= 0.3 is 0 Å². The number of aliphatic hydroxyl groups excluding tert-OH is 1. The molecule has 4 rings (SSSR count). The number of likely N-dealkylation sites (tertiary alicyclic amines) is 1. The van der Waals surface area contributed by atoms with Crippen molar-refractivity contribution in [2.24, 2.45) is 13.0 Å². The van der Waals surface area contributed by atoms with E-state index in [1.165, 1.54) is 0 Å². The molecular formula is C24H28N2O3.